The molecule has 0 aromatic heterocycles. The van der Waals surface area contributed by atoms with Gasteiger partial charge in [-0.15, -0.1) is 0 Å². The highest BCUT2D eigenvalue weighted by atomic mass is 35.5. The van der Waals surface area contributed by atoms with Crippen LogP contribution in [0, 0.1) is 0 Å². The molecule has 78 valence electrons. The number of ether oxygens (including phenoxy) is 1. The minimum Gasteiger partial charge on any atom is -0.379 e. The molecule has 0 aliphatic carbocycles. The van der Waals surface area contributed by atoms with E-state index < -0.39 is 0 Å². The smallest absolute Gasteiger partial charge is 0.101 e. The van der Waals surface area contributed by atoms with E-state index in [2.05, 4.69) is 5.32 Å². The van der Waals surface area contributed by atoms with Crippen molar-refractivity contribution in [1.29, 1.82) is 0 Å². The molecule has 0 atom stereocenters. The molecular formula is C10H14Cl2NO+. The van der Waals surface area contributed by atoms with Crippen molar-refractivity contribution in [3.8, 4) is 0 Å². The van der Waals surface area contributed by atoms with Crippen LogP contribution in [0.2, 0.25) is 10.0 Å². The second-order valence-electron chi connectivity index (χ2n) is 3.02. The zero-order valence-corrected chi connectivity index (χ0v) is 9.61. The maximum atomic E-state index is 5.88. The molecule has 1 aromatic rings. The molecule has 0 unspecified atom stereocenters. The standard InChI is InChI=1S/C10H13Cl2NO/c1-14-5-4-13-7-8-2-3-9(11)10(12)6-8/h2-3,6,13H,4-5,7H2,1H3/p+1. The summed E-state index contributed by atoms with van der Waals surface area (Å²) >= 11 is 11.7. The fraction of sp³-hybridized carbons (Fsp3) is 0.400. The topological polar surface area (TPSA) is 25.8 Å². The van der Waals surface area contributed by atoms with Crippen molar-refractivity contribution >= 4 is 23.2 Å². The van der Waals surface area contributed by atoms with Gasteiger partial charge in [0.15, 0.2) is 0 Å². The van der Waals surface area contributed by atoms with E-state index in [1.54, 1.807) is 7.11 Å². The second kappa shape index (κ2) is 6.25. The van der Waals surface area contributed by atoms with Crippen LogP contribution in [0.5, 0.6) is 0 Å². The van der Waals surface area contributed by atoms with Crippen molar-refractivity contribution in [1.82, 2.24) is 0 Å². The summed E-state index contributed by atoms with van der Waals surface area (Å²) in [6, 6.07) is 5.70. The quantitative estimate of drug-likeness (QED) is 0.772. The van der Waals surface area contributed by atoms with Crippen molar-refractivity contribution in [2.45, 2.75) is 6.54 Å². The third kappa shape index (κ3) is 3.84. The largest absolute Gasteiger partial charge is 0.379 e. The Balaban J connectivity index is 2.39. The lowest BCUT2D eigenvalue weighted by Gasteiger charge is -2.02. The summed E-state index contributed by atoms with van der Waals surface area (Å²) in [5.74, 6) is 0. The first-order valence-corrected chi connectivity index (χ1v) is 5.24. The van der Waals surface area contributed by atoms with Gasteiger partial charge in [-0.05, 0) is 12.1 Å². The minimum absolute atomic E-state index is 0.604. The Morgan fingerprint density at radius 1 is 1.29 bits per heavy atom. The normalized spacial score (nSPS) is 10.5. The number of methoxy groups -OCH3 is 1. The van der Waals surface area contributed by atoms with Gasteiger partial charge in [0.05, 0.1) is 23.2 Å². The monoisotopic (exact) mass is 234 g/mol. The Morgan fingerprint density at radius 3 is 2.71 bits per heavy atom. The lowest BCUT2D eigenvalue weighted by Crippen LogP contribution is -2.83. The van der Waals surface area contributed by atoms with Gasteiger partial charge in [-0.3, -0.25) is 0 Å². The van der Waals surface area contributed by atoms with E-state index in [0.29, 0.717) is 10.0 Å². The molecule has 0 saturated heterocycles. The van der Waals surface area contributed by atoms with E-state index in [1.807, 2.05) is 18.2 Å². The average molecular weight is 235 g/mol. The Kier molecular flexibility index (Phi) is 5.26. The maximum Gasteiger partial charge on any atom is 0.101 e. The molecule has 0 bridgehead atoms. The highest BCUT2D eigenvalue weighted by molar-refractivity contribution is 6.41. The van der Waals surface area contributed by atoms with E-state index in [4.69, 9.17) is 27.9 Å². The maximum absolute atomic E-state index is 5.88. The minimum atomic E-state index is 0.604. The third-order valence-electron chi connectivity index (χ3n) is 1.89. The molecule has 0 amide bonds. The van der Waals surface area contributed by atoms with Crippen molar-refractivity contribution < 1.29 is 10.1 Å². The van der Waals surface area contributed by atoms with Crippen molar-refractivity contribution in [2.75, 3.05) is 20.3 Å². The summed E-state index contributed by atoms with van der Waals surface area (Å²) in [4.78, 5) is 0. The van der Waals surface area contributed by atoms with Crippen LogP contribution >= 0.6 is 23.2 Å². The van der Waals surface area contributed by atoms with Crippen LogP contribution in [-0.2, 0) is 11.3 Å². The Morgan fingerprint density at radius 2 is 2.07 bits per heavy atom. The molecule has 1 rings (SSSR count). The number of benzene rings is 1. The van der Waals surface area contributed by atoms with Crippen molar-refractivity contribution in [3.05, 3.63) is 33.8 Å². The van der Waals surface area contributed by atoms with Crippen LogP contribution in [0.3, 0.4) is 0 Å². The predicted octanol–water partition coefficient (Wildman–Crippen LogP) is 1.70. The van der Waals surface area contributed by atoms with E-state index in [9.17, 15) is 0 Å². The molecule has 2 N–H and O–H groups in total. The van der Waals surface area contributed by atoms with Crippen LogP contribution in [0.1, 0.15) is 5.56 Å². The van der Waals surface area contributed by atoms with Gasteiger partial charge < -0.3 is 10.1 Å². The van der Waals surface area contributed by atoms with Gasteiger partial charge in [0.1, 0.15) is 6.54 Å². The zero-order valence-electron chi connectivity index (χ0n) is 8.09. The predicted molar refractivity (Wildman–Crippen MR) is 58.8 cm³/mol. The summed E-state index contributed by atoms with van der Waals surface area (Å²) < 4.78 is 4.94. The van der Waals surface area contributed by atoms with E-state index in [1.165, 1.54) is 5.56 Å². The SMILES string of the molecule is COCC[NH2+]Cc1ccc(Cl)c(Cl)c1. The molecule has 0 aliphatic rings. The fourth-order valence-electron chi connectivity index (χ4n) is 1.14. The van der Waals surface area contributed by atoms with Crippen LogP contribution in [0.4, 0.5) is 0 Å². The molecule has 14 heavy (non-hydrogen) atoms. The number of hydrogen-bond acceptors (Lipinski definition) is 1. The van der Waals surface area contributed by atoms with Crippen molar-refractivity contribution in [3.63, 3.8) is 0 Å². The average Bonchev–Trinajstić information content (AvgIpc) is 2.18. The molecule has 2 nitrogen and oxygen atoms in total. The van der Waals surface area contributed by atoms with Gasteiger partial charge in [0.25, 0.3) is 0 Å². The van der Waals surface area contributed by atoms with E-state index in [0.717, 1.165) is 19.7 Å². The van der Waals surface area contributed by atoms with Gasteiger partial charge in [0, 0.05) is 12.7 Å². The van der Waals surface area contributed by atoms with E-state index >= 15 is 0 Å². The molecule has 0 spiro atoms. The lowest BCUT2D eigenvalue weighted by molar-refractivity contribution is -0.671. The summed E-state index contributed by atoms with van der Waals surface area (Å²) in [5.41, 5.74) is 1.18. The highest BCUT2D eigenvalue weighted by Crippen LogP contribution is 2.21. The zero-order chi connectivity index (χ0) is 10.4. The fourth-order valence-corrected chi connectivity index (χ4v) is 1.46. The summed E-state index contributed by atoms with van der Waals surface area (Å²) in [6.45, 7) is 2.62. The molecule has 0 aliphatic heterocycles. The van der Waals surface area contributed by atoms with Crippen LogP contribution in [-0.4, -0.2) is 20.3 Å². The van der Waals surface area contributed by atoms with Gasteiger partial charge in [-0.25, -0.2) is 0 Å². The van der Waals surface area contributed by atoms with E-state index in [-0.39, 0.29) is 0 Å². The highest BCUT2D eigenvalue weighted by Gasteiger charge is 2.00. The molecule has 1 aromatic carbocycles. The van der Waals surface area contributed by atoms with Crippen LogP contribution in [0.15, 0.2) is 18.2 Å². The van der Waals surface area contributed by atoms with Crippen LogP contribution in [0.25, 0.3) is 0 Å². The van der Waals surface area contributed by atoms with Crippen LogP contribution < -0.4 is 5.32 Å². The van der Waals surface area contributed by atoms with Gasteiger partial charge in [0.2, 0.25) is 0 Å². The molecule has 4 heteroatoms. The molecule has 0 radical (unpaired) electrons. The summed E-state index contributed by atoms with van der Waals surface area (Å²) in [7, 11) is 1.70. The summed E-state index contributed by atoms with van der Waals surface area (Å²) in [5, 5.41) is 3.39. The Bertz CT molecular complexity index is 291. The van der Waals surface area contributed by atoms with Gasteiger partial charge in [-0.2, -0.15) is 0 Å². The van der Waals surface area contributed by atoms with Crippen molar-refractivity contribution in [2.24, 2.45) is 0 Å². The number of halogens is 2. The summed E-state index contributed by atoms with van der Waals surface area (Å²) in [6.07, 6.45) is 0. The first-order chi connectivity index (χ1) is 6.74. The number of quaternary nitrogens is 1. The third-order valence-corrected chi connectivity index (χ3v) is 2.63. The lowest BCUT2D eigenvalue weighted by atomic mass is 10.2. The number of nitrogens with two attached hydrogens (primary N) is 1. The first kappa shape index (κ1) is 11.8. The molecule has 0 fully saturated rings. The molecular weight excluding hydrogens is 221 g/mol. The molecule has 0 heterocycles. The van der Waals surface area contributed by atoms with Gasteiger partial charge in [-0.1, -0.05) is 29.3 Å². The Hall–Kier alpha value is -0.280. The first-order valence-electron chi connectivity index (χ1n) is 4.48. The molecule has 0 saturated carbocycles. The number of hydrogen-bond donors (Lipinski definition) is 1. The number of rotatable bonds is 5. The van der Waals surface area contributed by atoms with Gasteiger partial charge >= 0.3 is 0 Å². The Labute approximate surface area is 94.2 Å². The second-order valence-corrected chi connectivity index (χ2v) is 3.84.